The molecule has 0 radical (unpaired) electrons. The number of nitrogens with one attached hydrogen (secondary N) is 2. The first-order valence-electron chi connectivity index (χ1n) is 19.2. The minimum atomic E-state index is -4.04. The quantitative estimate of drug-likeness (QED) is 0.0903. The van der Waals surface area contributed by atoms with Crippen molar-refractivity contribution in [2.24, 2.45) is 16.6 Å². The van der Waals surface area contributed by atoms with E-state index in [1.165, 1.54) is 38.1 Å². The standard InChI is InChI=1S/C41H36ClF8N7O5S2/c1-40(2,63(3,59)60)11-10-22-4-7-24(25-8-9-28(42)33-36(25)57(18-30(45)46)55-39(33)56-64(61,62)23-5-6-23)35(53-22)29(14-19-12-20(43)15-21(44)13-19)54-31(58)17-52-37-32(34(51)38(47)48)26-16-27(26)41(37,49)50/h4,7-9,12-13,15-16,23,27,29-30,38H,5-6,14,17-18,51H2,1-3H3,(H,54,58)(H,55,56)/t27-,29+/m1/s1. The lowest BCUT2D eigenvalue weighted by atomic mass is 9.93. The summed E-state index contributed by atoms with van der Waals surface area (Å²) < 4.78 is 168. The van der Waals surface area contributed by atoms with Crippen LogP contribution in [0.2, 0.25) is 5.02 Å². The number of amides is 1. The fourth-order valence-electron chi connectivity index (χ4n) is 7.06. The number of sulfonamides is 1. The number of hydrogen-bond donors (Lipinski definition) is 3. The topological polar surface area (TPSA) is 178 Å². The first kappa shape index (κ1) is 46.5. The highest BCUT2D eigenvalue weighted by atomic mass is 35.5. The fraction of sp³-hybridized carbons (Fsp3) is 0.366. The van der Waals surface area contributed by atoms with Crippen molar-refractivity contribution in [3.05, 3.63) is 99.0 Å². The van der Waals surface area contributed by atoms with Gasteiger partial charge in [0, 0.05) is 29.0 Å². The minimum absolute atomic E-state index is 0.00293. The second-order valence-electron chi connectivity index (χ2n) is 15.9. The number of benzene rings is 2. The van der Waals surface area contributed by atoms with Crippen LogP contribution in [0.5, 0.6) is 0 Å². The lowest BCUT2D eigenvalue weighted by Crippen LogP contribution is -2.35. The summed E-state index contributed by atoms with van der Waals surface area (Å²) in [5.41, 5.74) is 1.69. The van der Waals surface area contributed by atoms with Gasteiger partial charge in [-0.05, 0) is 80.5 Å². The number of carbonyl (C=O) groups excluding carboxylic acids is 1. The van der Waals surface area contributed by atoms with Crippen LogP contribution in [0.1, 0.15) is 49.7 Å². The number of fused-ring (bicyclic) bond motifs is 2. The van der Waals surface area contributed by atoms with Gasteiger partial charge in [0.2, 0.25) is 15.9 Å². The molecule has 0 bridgehead atoms. The van der Waals surface area contributed by atoms with Gasteiger partial charge >= 0.3 is 0 Å². The number of aliphatic imine (C=N–C) groups is 1. The highest BCUT2D eigenvalue weighted by Crippen LogP contribution is 2.56. The third kappa shape index (κ3) is 9.33. The van der Waals surface area contributed by atoms with Crippen molar-refractivity contribution in [1.29, 1.82) is 0 Å². The van der Waals surface area contributed by atoms with Crippen molar-refractivity contribution in [3.8, 4) is 23.0 Å². The van der Waals surface area contributed by atoms with Gasteiger partial charge in [-0.2, -0.15) is 13.9 Å². The Kier molecular flexibility index (Phi) is 12.2. The number of sulfone groups is 1. The largest absolute Gasteiger partial charge is 0.397 e. The van der Waals surface area contributed by atoms with Gasteiger partial charge in [0.05, 0.1) is 44.5 Å². The third-order valence-electron chi connectivity index (χ3n) is 10.7. The minimum Gasteiger partial charge on any atom is -0.397 e. The van der Waals surface area contributed by atoms with Crippen LogP contribution in [0.25, 0.3) is 22.0 Å². The molecule has 0 spiro atoms. The van der Waals surface area contributed by atoms with E-state index in [1.807, 2.05) is 0 Å². The zero-order chi connectivity index (χ0) is 46.8. The van der Waals surface area contributed by atoms with Gasteiger partial charge in [-0.25, -0.2) is 48.2 Å². The highest BCUT2D eigenvalue weighted by Gasteiger charge is 2.62. The van der Waals surface area contributed by atoms with E-state index in [0.717, 1.165) is 29.1 Å². The van der Waals surface area contributed by atoms with E-state index in [1.54, 1.807) is 0 Å². The number of nitrogens with two attached hydrogens (primary N) is 1. The molecule has 1 amide bonds. The van der Waals surface area contributed by atoms with E-state index in [0.29, 0.717) is 18.9 Å². The molecule has 2 heterocycles. The summed E-state index contributed by atoms with van der Waals surface area (Å²) >= 11 is 6.61. The number of anilines is 1. The first-order chi connectivity index (χ1) is 29.8. The predicted octanol–water partition coefficient (Wildman–Crippen LogP) is 6.90. The zero-order valence-corrected chi connectivity index (χ0v) is 36.1. The van der Waals surface area contributed by atoms with E-state index in [-0.39, 0.29) is 55.4 Å². The maximum atomic E-state index is 15.3. The van der Waals surface area contributed by atoms with Gasteiger partial charge in [-0.1, -0.05) is 29.7 Å². The van der Waals surface area contributed by atoms with Crippen molar-refractivity contribution in [1.82, 2.24) is 20.1 Å². The Labute approximate surface area is 366 Å². The van der Waals surface area contributed by atoms with Crippen LogP contribution < -0.4 is 15.8 Å². The number of halogens is 9. The Morgan fingerprint density at radius 2 is 1.70 bits per heavy atom. The molecule has 2 aromatic carbocycles. The summed E-state index contributed by atoms with van der Waals surface area (Å²) in [6, 6.07) is 6.18. The lowest BCUT2D eigenvalue weighted by molar-refractivity contribution is -0.120. The second kappa shape index (κ2) is 16.8. The Balaban J connectivity index is 1.42. The molecular weight excluding hydrogens is 922 g/mol. The number of carbonyl (C=O) groups is 1. The normalized spacial score (nSPS) is 19.1. The summed E-state index contributed by atoms with van der Waals surface area (Å²) in [6.45, 7) is 0.439. The second-order valence-corrected chi connectivity index (χ2v) is 20.8. The van der Waals surface area contributed by atoms with Crippen molar-refractivity contribution in [2.45, 2.75) is 74.5 Å². The van der Waals surface area contributed by atoms with E-state index in [2.05, 4.69) is 37.0 Å². The van der Waals surface area contributed by atoms with Gasteiger partial charge in [0.1, 0.15) is 40.9 Å². The molecule has 2 aromatic heterocycles. The summed E-state index contributed by atoms with van der Waals surface area (Å²) in [7, 11) is -7.83. The van der Waals surface area contributed by atoms with Crippen molar-refractivity contribution < 1.29 is 56.8 Å². The summed E-state index contributed by atoms with van der Waals surface area (Å²) in [5, 5.41) is 5.70. The van der Waals surface area contributed by atoms with Crippen molar-refractivity contribution in [2.75, 3.05) is 17.5 Å². The number of aromatic nitrogens is 3. The van der Waals surface area contributed by atoms with E-state index >= 15 is 8.78 Å². The van der Waals surface area contributed by atoms with Gasteiger partial charge in [-0.15, -0.1) is 0 Å². The number of allylic oxidation sites excluding steroid dienone is 4. The van der Waals surface area contributed by atoms with Gasteiger partial charge in [0.25, 0.3) is 18.8 Å². The Hall–Kier alpha value is -5.53. The van der Waals surface area contributed by atoms with Gasteiger partial charge < -0.3 is 11.1 Å². The SMILES string of the molecule is CC(C)(C#Cc1ccc(-c2ccc(Cl)c3c(NS(=O)(=O)C4CC4)nn(CC(F)F)c23)c([C@H](Cc2cc(F)cc(F)c2)NC(=O)CN=C2C(=C(N)C(F)F)C3=C[C@H]3C2(F)F)n1)S(C)(=O)=O. The van der Waals surface area contributed by atoms with Gasteiger partial charge in [-0.3, -0.25) is 19.2 Å². The van der Waals surface area contributed by atoms with E-state index in [4.69, 9.17) is 17.3 Å². The van der Waals surface area contributed by atoms with Crippen LogP contribution in [-0.4, -0.2) is 84.8 Å². The van der Waals surface area contributed by atoms with E-state index < -0.39 is 115 Å². The monoisotopic (exact) mass is 957 g/mol. The predicted molar refractivity (Wildman–Crippen MR) is 222 cm³/mol. The first-order valence-corrected chi connectivity index (χ1v) is 23.0. The lowest BCUT2D eigenvalue weighted by Gasteiger charge is -2.23. The molecule has 4 aromatic rings. The molecule has 2 fully saturated rings. The van der Waals surface area contributed by atoms with Crippen molar-refractivity contribution in [3.63, 3.8) is 0 Å². The average Bonchev–Trinajstić information content (AvgIpc) is 4.11. The third-order valence-corrected chi connectivity index (χ3v) is 14.8. The molecule has 7 rings (SSSR count). The van der Waals surface area contributed by atoms with Crippen LogP contribution in [-0.2, 0) is 37.6 Å². The summed E-state index contributed by atoms with van der Waals surface area (Å²) in [5.74, 6) is -3.67. The number of alkyl halides is 6. The van der Waals surface area contributed by atoms with Crippen LogP contribution >= 0.6 is 11.6 Å². The summed E-state index contributed by atoms with van der Waals surface area (Å²) in [6.07, 6.45) is -4.24. The molecule has 0 unspecified atom stereocenters. The molecule has 64 heavy (non-hydrogen) atoms. The Morgan fingerprint density at radius 1 is 1.05 bits per heavy atom. The molecule has 3 aliphatic carbocycles. The van der Waals surface area contributed by atoms with E-state index in [9.17, 15) is 48.0 Å². The van der Waals surface area contributed by atoms with Crippen LogP contribution in [0.3, 0.4) is 0 Å². The van der Waals surface area contributed by atoms with Crippen molar-refractivity contribution >= 4 is 59.8 Å². The number of hydrogen-bond acceptors (Lipinski definition) is 9. The molecule has 3 aliphatic rings. The average molecular weight is 958 g/mol. The molecule has 340 valence electrons. The molecular formula is C41H36ClF8N7O5S2. The maximum Gasteiger partial charge on any atom is 0.300 e. The Morgan fingerprint density at radius 3 is 2.31 bits per heavy atom. The number of rotatable bonds is 14. The number of pyridine rings is 1. The highest BCUT2D eigenvalue weighted by molar-refractivity contribution is 7.93. The molecule has 2 atom stereocenters. The molecule has 0 aliphatic heterocycles. The molecule has 23 heteroatoms. The Bertz CT molecular complexity index is 2980. The van der Waals surface area contributed by atoms with Gasteiger partial charge in [0.15, 0.2) is 15.7 Å². The number of nitrogens with zero attached hydrogens (tertiary/aromatic N) is 4. The zero-order valence-electron chi connectivity index (χ0n) is 33.7. The van der Waals surface area contributed by atoms with Crippen LogP contribution in [0.4, 0.5) is 40.9 Å². The molecule has 0 saturated heterocycles. The molecule has 4 N–H and O–H groups in total. The summed E-state index contributed by atoms with van der Waals surface area (Å²) in [4.78, 5) is 22.1. The van der Waals surface area contributed by atoms with Crippen LogP contribution in [0.15, 0.2) is 70.4 Å². The fourth-order valence-corrected chi connectivity index (χ4v) is 8.88. The molecule has 2 saturated carbocycles. The van der Waals surface area contributed by atoms with Crippen LogP contribution in [0, 0.1) is 29.4 Å². The maximum absolute atomic E-state index is 15.3. The molecule has 12 nitrogen and oxygen atoms in total. The smallest absolute Gasteiger partial charge is 0.300 e.